The highest BCUT2D eigenvalue weighted by Crippen LogP contribution is 2.21. The molecule has 7 nitrogen and oxygen atoms in total. The van der Waals surface area contributed by atoms with Crippen LogP contribution in [-0.2, 0) is 0 Å². The highest BCUT2D eigenvalue weighted by molar-refractivity contribution is 6.04. The van der Waals surface area contributed by atoms with Crippen LogP contribution in [0.5, 0.6) is 0 Å². The lowest BCUT2D eigenvalue weighted by molar-refractivity contribution is 0.101. The molecule has 0 saturated heterocycles. The molecular weight excluding hydrogens is 320 g/mol. The van der Waals surface area contributed by atoms with Crippen LogP contribution in [0.15, 0.2) is 70.2 Å². The molecule has 0 aliphatic heterocycles. The zero-order valence-electron chi connectivity index (χ0n) is 12.9. The zero-order valence-corrected chi connectivity index (χ0v) is 12.9. The molecule has 122 valence electrons. The molecule has 2 heterocycles. The molecule has 1 amide bonds. The van der Waals surface area contributed by atoms with E-state index in [1.165, 1.54) is 6.33 Å². The second kappa shape index (κ2) is 6.04. The number of nitrogens with zero attached hydrogens (tertiary/aromatic N) is 2. The Morgan fingerprint density at radius 1 is 1.08 bits per heavy atom. The van der Waals surface area contributed by atoms with Gasteiger partial charge in [-0.15, -0.1) is 0 Å². The number of carbonyl (C=O) groups is 1. The number of H-pyrrole nitrogens is 1. The van der Waals surface area contributed by atoms with E-state index in [4.69, 9.17) is 4.52 Å². The Kier molecular flexibility index (Phi) is 3.59. The van der Waals surface area contributed by atoms with Crippen molar-refractivity contribution in [3.63, 3.8) is 0 Å². The summed E-state index contributed by atoms with van der Waals surface area (Å²) < 4.78 is 5.22. The summed E-state index contributed by atoms with van der Waals surface area (Å²) in [6.07, 6.45) is 1.34. The molecule has 4 rings (SSSR count). The van der Waals surface area contributed by atoms with E-state index in [1.54, 1.807) is 24.3 Å². The summed E-state index contributed by atoms with van der Waals surface area (Å²) in [4.78, 5) is 30.7. The number of carbonyl (C=O) groups excluding carboxylic acids is 1. The lowest BCUT2D eigenvalue weighted by Gasteiger charge is -2.03. The summed E-state index contributed by atoms with van der Waals surface area (Å²) in [6, 6.07) is 15.8. The molecule has 2 N–H and O–H groups in total. The highest BCUT2D eigenvalue weighted by atomic mass is 16.5. The third-order valence-corrected chi connectivity index (χ3v) is 3.70. The summed E-state index contributed by atoms with van der Waals surface area (Å²) in [7, 11) is 0. The minimum atomic E-state index is -0.425. The molecule has 7 heteroatoms. The molecule has 2 aromatic carbocycles. The number of amides is 1. The second-order valence-electron chi connectivity index (χ2n) is 5.36. The van der Waals surface area contributed by atoms with Crippen LogP contribution in [0.4, 0.5) is 5.69 Å². The van der Waals surface area contributed by atoms with Crippen LogP contribution in [0.1, 0.15) is 10.5 Å². The molecule has 0 aliphatic carbocycles. The van der Waals surface area contributed by atoms with E-state index in [0.717, 1.165) is 5.56 Å². The highest BCUT2D eigenvalue weighted by Gasteiger charge is 2.14. The number of hydrogen-bond acceptors (Lipinski definition) is 5. The van der Waals surface area contributed by atoms with Crippen LogP contribution in [0, 0.1) is 0 Å². The van der Waals surface area contributed by atoms with E-state index in [2.05, 4.69) is 20.4 Å². The van der Waals surface area contributed by atoms with Gasteiger partial charge < -0.3 is 14.8 Å². The predicted molar refractivity (Wildman–Crippen MR) is 92.3 cm³/mol. The smallest absolute Gasteiger partial charge is 0.277 e. The first-order chi connectivity index (χ1) is 12.2. The van der Waals surface area contributed by atoms with Gasteiger partial charge in [0.2, 0.25) is 0 Å². The number of benzene rings is 2. The largest absolute Gasteiger partial charge is 0.355 e. The third kappa shape index (κ3) is 2.90. The Bertz CT molecular complexity index is 1120. The van der Waals surface area contributed by atoms with Gasteiger partial charge in [-0.05, 0) is 18.2 Å². The van der Waals surface area contributed by atoms with Gasteiger partial charge in [0.15, 0.2) is 11.5 Å². The van der Waals surface area contributed by atoms with Crippen LogP contribution in [0.2, 0.25) is 0 Å². The van der Waals surface area contributed by atoms with Crippen LogP contribution in [0.25, 0.3) is 22.2 Å². The van der Waals surface area contributed by atoms with Gasteiger partial charge in [0.25, 0.3) is 11.5 Å². The fourth-order valence-corrected chi connectivity index (χ4v) is 2.46. The summed E-state index contributed by atoms with van der Waals surface area (Å²) >= 11 is 0. The van der Waals surface area contributed by atoms with Crippen LogP contribution in [-0.4, -0.2) is 21.0 Å². The fraction of sp³-hybridized carbons (Fsp3) is 0. The maximum Gasteiger partial charge on any atom is 0.277 e. The Morgan fingerprint density at radius 3 is 2.76 bits per heavy atom. The van der Waals surface area contributed by atoms with Crippen molar-refractivity contribution in [3.05, 3.63) is 77.0 Å². The van der Waals surface area contributed by atoms with Gasteiger partial charge in [-0.25, -0.2) is 4.98 Å². The van der Waals surface area contributed by atoms with Crippen LogP contribution in [0.3, 0.4) is 0 Å². The van der Waals surface area contributed by atoms with E-state index < -0.39 is 5.91 Å². The van der Waals surface area contributed by atoms with Crippen LogP contribution < -0.4 is 10.9 Å². The summed E-state index contributed by atoms with van der Waals surface area (Å²) in [5, 5.41) is 6.90. The molecule has 0 unspecified atom stereocenters. The summed E-state index contributed by atoms with van der Waals surface area (Å²) in [6.45, 7) is 0. The average molecular weight is 332 g/mol. The van der Waals surface area contributed by atoms with Crippen molar-refractivity contribution in [3.8, 4) is 11.3 Å². The fourth-order valence-electron chi connectivity index (χ4n) is 2.46. The number of anilines is 1. The molecule has 0 saturated carbocycles. The van der Waals surface area contributed by atoms with Gasteiger partial charge >= 0.3 is 0 Å². The lowest BCUT2D eigenvalue weighted by atomic mass is 10.1. The topological polar surface area (TPSA) is 101 Å². The molecular formula is C18H12N4O3. The van der Waals surface area contributed by atoms with Crippen molar-refractivity contribution in [1.29, 1.82) is 0 Å². The number of nitrogens with one attached hydrogen (secondary N) is 2. The molecule has 0 bridgehead atoms. The number of fused-ring (bicyclic) bond motifs is 1. The minimum absolute atomic E-state index is 0.152. The molecule has 0 atom stereocenters. The second-order valence-corrected chi connectivity index (χ2v) is 5.36. The average Bonchev–Trinajstić information content (AvgIpc) is 3.13. The van der Waals surface area contributed by atoms with E-state index in [1.807, 2.05) is 30.3 Å². The SMILES string of the molecule is O=C(Nc1ccc2nc[nH]c(=O)c2c1)c1cc(-c2ccccc2)on1. The van der Waals surface area contributed by atoms with Gasteiger partial charge in [-0.3, -0.25) is 9.59 Å². The quantitative estimate of drug-likeness (QED) is 0.601. The minimum Gasteiger partial charge on any atom is -0.355 e. The maximum atomic E-state index is 12.3. The van der Waals surface area contributed by atoms with Crippen molar-refractivity contribution in [2.75, 3.05) is 5.32 Å². The molecule has 0 aliphatic rings. The first kappa shape index (κ1) is 14.8. The van der Waals surface area contributed by atoms with Gasteiger partial charge in [-0.2, -0.15) is 0 Å². The number of aromatic amines is 1. The lowest BCUT2D eigenvalue weighted by Crippen LogP contribution is -2.13. The van der Waals surface area contributed by atoms with Crippen LogP contribution >= 0.6 is 0 Å². The predicted octanol–water partition coefficient (Wildman–Crippen LogP) is 2.83. The normalized spacial score (nSPS) is 10.7. The number of aromatic nitrogens is 3. The van der Waals surface area contributed by atoms with E-state index in [0.29, 0.717) is 22.4 Å². The number of rotatable bonds is 3. The first-order valence-corrected chi connectivity index (χ1v) is 7.52. The van der Waals surface area contributed by atoms with Gasteiger partial charge in [0.1, 0.15) is 0 Å². The molecule has 4 aromatic rings. The van der Waals surface area contributed by atoms with E-state index in [-0.39, 0.29) is 11.3 Å². The Labute approximate surface area is 141 Å². The monoisotopic (exact) mass is 332 g/mol. The standard InChI is InChI=1S/C18H12N4O3/c23-17-13-8-12(6-7-14(13)19-10-20-17)21-18(24)15-9-16(25-22-15)11-4-2-1-3-5-11/h1-10H,(H,21,24)(H,19,20,23). The number of hydrogen-bond donors (Lipinski definition) is 2. The van der Waals surface area contributed by atoms with Crippen molar-refractivity contribution >= 4 is 22.5 Å². The molecule has 25 heavy (non-hydrogen) atoms. The van der Waals surface area contributed by atoms with Gasteiger partial charge in [0, 0.05) is 17.3 Å². The summed E-state index contributed by atoms with van der Waals surface area (Å²) in [5.41, 5.74) is 1.74. The summed E-state index contributed by atoms with van der Waals surface area (Å²) in [5.74, 6) is 0.0792. The third-order valence-electron chi connectivity index (χ3n) is 3.70. The Morgan fingerprint density at radius 2 is 1.92 bits per heavy atom. The van der Waals surface area contributed by atoms with Gasteiger partial charge in [0.05, 0.1) is 17.2 Å². The molecule has 0 spiro atoms. The van der Waals surface area contributed by atoms with E-state index >= 15 is 0 Å². The maximum absolute atomic E-state index is 12.3. The van der Waals surface area contributed by atoms with Crippen molar-refractivity contribution in [2.45, 2.75) is 0 Å². The van der Waals surface area contributed by atoms with Crippen molar-refractivity contribution in [2.24, 2.45) is 0 Å². The first-order valence-electron chi connectivity index (χ1n) is 7.52. The Balaban J connectivity index is 1.59. The zero-order chi connectivity index (χ0) is 17.2. The Hall–Kier alpha value is -3.74. The van der Waals surface area contributed by atoms with Crippen molar-refractivity contribution in [1.82, 2.24) is 15.1 Å². The molecule has 2 aromatic heterocycles. The van der Waals surface area contributed by atoms with E-state index in [9.17, 15) is 9.59 Å². The van der Waals surface area contributed by atoms with Crippen molar-refractivity contribution < 1.29 is 9.32 Å². The molecule has 0 fully saturated rings. The molecule has 0 radical (unpaired) electrons. The van der Waals surface area contributed by atoms with Gasteiger partial charge in [-0.1, -0.05) is 35.5 Å².